The average molecular weight is 307 g/mol. The third kappa shape index (κ3) is 2.80. The molecule has 0 aliphatic carbocycles. The molecule has 0 amide bonds. The van der Waals surface area contributed by atoms with Crippen LogP contribution in [0.15, 0.2) is 29.1 Å². The van der Waals surface area contributed by atoms with E-state index < -0.39 is 5.56 Å². The first kappa shape index (κ1) is 14.1. The van der Waals surface area contributed by atoms with Crippen LogP contribution in [0.1, 0.15) is 24.6 Å². The number of hydrogen-bond donors (Lipinski definition) is 2. The summed E-state index contributed by atoms with van der Waals surface area (Å²) >= 11 is 6.08. The minimum Gasteiger partial charge on any atom is -0.493 e. The van der Waals surface area contributed by atoms with Gasteiger partial charge in [-0.25, -0.2) is 0 Å². The molecular weight excluding hydrogens is 292 g/mol. The molecule has 2 heterocycles. The summed E-state index contributed by atoms with van der Waals surface area (Å²) in [6.07, 6.45) is 1.80. The molecule has 1 saturated heterocycles. The van der Waals surface area contributed by atoms with E-state index in [1.807, 2.05) is 0 Å². The van der Waals surface area contributed by atoms with Gasteiger partial charge in [-0.15, -0.1) is 0 Å². The highest BCUT2D eigenvalue weighted by atomic mass is 35.5. The van der Waals surface area contributed by atoms with Crippen molar-refractivity contribution >= 4 is 11.6 Å². The molecule has 0 spiro atoms. The molecule has 1 aliphatic heterocycles. The molecule has 0 saturated carbocycles. The van der Waals surface area contributed by atoms with Crippen molar-refractivity contribution in [1.82, 2.24) is 9.97 Å². The molecule has 3 rings (SSSR count). The van der Waals surface area contributed by atoms with E-state index in [2.05, 4.69) is 9.97 Å². The van der Waals surface area contributed by atoms with E-state index in [1.165, 1.54) is 0 Å². The largest absolute Gasteiger partial charge is 0.493 e. The van der Waals surface area contributed by atoms with E-state index in [0.29, 0.717) is 23.0 Å². The molecule has 2 aromatic rings. The summed E-state index contributed by atoms with van der Waals surface area (Å²) in [5.74, 6) is 0.179. The number of aromatic nitrogens is 2. The van der Waals surface area contributed by atoms with Gasteiger partial charge in [0, 0.05) is 23.1 Å². The number of benzene rings is 1. The molecule has 0 radical (unpaired) electrons. The number of H-pyrrole nitrogens is 1. The van der Waals surface area contributed by atoms with Gasteiger partial charge in [-0.3, -0.25) is 4.79 Å². The standard InChI is InChI=1S/C15H15ClN2O3/c16-11-6-2-1-5-10(11)12-14(19)17-13(18-15(12)20)9-4-3-7-21-8-9/h1-2,5-6,9H,3-4,7-8H2,(H2,17,18,19,20). The summed E-state index contributed by atoms with van der Waals surface area (Å²) in [4.78, 5) is 19.2. The predicted octanol–water partition coefficient (Wildman–Crippen LogP) is 2.69. The molecule has 0 bridgehead atoms. The maximum Gasteiger partial charge on any atom is 0.262 e. The summed E-state index contributed by atoms with van der Waals surface area (Å²) in [5, 5.41) is 10.5. The Morgan fingerprint density at radius 3 is 2.86 bits per heavy atom. The molecule has 6 heteroatoms. The van der Waals surface area contributed by atoms with E-state index >= 15 is 0 Å². The van der Waals surface area contributed by atoms with Crippen LogP contribution in [-0.4, -0.2) is 28.3 Å². The normalized spacial score (nSPS) is 18.6. The minimum absolute atomic E-state index is 0.0117. The zero-order valence-corrected chi connectivity index (χ0v) is 12.1. The molecule has 1 fully saturated rings. The maximum absolute atomic E-state index is 12.3. The number of nitrogens with zero attached hydrogens (tertiary/aromatic N) is 1. The van der Waals surface area contributed by atoms with Gasteiger partial charge in [-0.05, 0) is 18.9 Å². The monoisotopic (exact) mass is 306 g/mol. The average Bonchev–Trinajstić information content (AvgIpc) is 2.49. The van der Waals surface area contributed by atoms with Crippen LogP contribution >= 0.6 is 11.6 Å². The minimum atomic E-state index is -0.392. The summed E-state index contributed by atoms with van der Waals surface area (Å²) in [6, 6.07) is 6.86. The Hall–Kier alpha value is -1.85. The number of halogens is 1. The number of ether oxygens (including phenoxy) is 1. The van der Waals surface area contributed by atoms with Crippen LogP contribution in [0.25, 0.3) is 11.1 Å². The van der Waals surface area contributed by atoms with Crippen molar-refractivity contribution in [1.29, 1.82) is 0 Å². The lowest BCUT2D eigenvalue weighted by molar-refractivity contribution is 0.0778. The third-order valence-corrected chi connectivity index (χ3v) is 3.94. The van der Waals surface area contributed by atoms with Crippen LogP contribution < -0.4 is 5.56 Å². The molecular formula is C15H15ClN2O3. The molecule has 21 heavy (non-hydrogen) atoms. The fraction of sp³-hybridized carbons (Fsp3) is 0.333. The van der Waals surface area contributed by atoms with Gasteiger partial charge < -0.3 is 14.8 Å². The van der Waals surface area contributed by atoms with Crippen molar-refractivity contribution in [3.63, 3.8) is 0 Å². The second-order valence-electron chi connectivity index (χ2n) is 5.04. The van der Waals surface area contributed by atoms with E-state index in [0.717, 1.165) is 19.4 Å². The van der Waals surface area contributed by atoms with E-state index in [-0.39, 0.29) is 17.4 Å². The molecule has 1 unspecified atom stereocenters. The summed E-state index contributed by atoms with van der Waals surface area (Å²) in [6.45, 7) is 1.23. The zero-order valence-electron chi connectivity index (χ0n) is 11.3. The molecule has 1 aromatic carbocycles. The number of nitrogens with one attached hydrogen (secondary N) is 1. The number of rotatable bonds is 2. The molecule has 110 valence electrons. The SMILES string of the molecule is O=c1[nH]c(C2CCCOC2)nc(O)c1-c1ccccc1Cl. The van der Waals surface area contributed by atoms with Crippen molar-refractivity contribution in [2.24, 2.45) is 0 Å². The Morgan fingerprint density at radius 2 is 2.19 bits per heavy atom. The van der Waals surface area contributed by atoms with Crippen LogP contribution in [0, 0.1) is 0 Å². The fourth-order valence-corrected chi connectivity index (χ4v) is 2.76. The molecule has 2 N–H and O–H groups in total. The first-order chi connectivity index (χ1) is 10.2. The van der Waals surface area contributed by atoms with Crippen LogP contribution in [0.2, 0.25) is 5.02 Å². The van der Waals surface area contributed by atoms with Crippen molar-refractivity contribution in [3.05, 3.63) is 45.5 Å². The Morgan fingerprint density at radius 1 is 1.38 bits per heavy atom. The van der Waals surface area contributed by atoms with Crippen molar-refractivity contribution in [2.45, 2.75) is 18.8 Å². The first-order valence-corrected chi connectivity index (χ1v) is 7.20. The summed E-state index contributed by atoms with van der Waals surface area (Å²) in [5.41, 5.74) is 0.175. The van der Waals surface area contributed by atoms with Crippen molar-refractivity contribution in [3.8, 4) is 17.0 Å². The maximum atomic E-state index is 12.3. The second kappa shape index (κ2) is 5.87. The van der Waals surface area contributed by atoms with Crippen molar-refractivity contribution in [2.75, 3.05) is 13.2 Å². The Labute approximate surface area is 126 Å². The molecule has 1 aliphatic rings. The van der Waals surface area contributed by atoms with Crippen LogP contribution in [0.5, 0.6) is 5.88 Å². The lowest BCUT2D eigenvalue weighted by atomic mass is 10.0. The van der Waals surface area contributed by atoms with E-state index in [9.17, 15) is 9.90 Å². The van der Waals surface area contributed by atoms with Gasteiger partial charge in [0.15, 0.2) is 0 Å². The van der Waals surface area contributed by atoms with Crippen LogP contribution in [0.3, 0.4) is 0 Å². The highest BCUT2D eigenvalue weighted by molar-refractivity contribution is 6.33. The topological polar surface area (TPSA) is 75.2 Å². The third-order valence-electron chi connectivity index (χ3n) is 3.61. The summed E-state index contributed by atoms with van der Waals surface area (Å²) < 4.78 is 5.39. The van der Waals surface area contributed by atoms with Gasteiger partial charge in [0.2, 0.25) is 5.88 Å². The zero-order chi connectivity index (χ0) is 14.8. The Bertz CT molecular complexity index is 708. The highest BCUT2D eigenvalue weighted by Crippen LogP contribution is 2.31. The lowest BCUT2D eigenvalue weighted by Crippen LogP contribution is -2.22. The highest BCUT2D eigenvalue weighted by Gasteiger charge is 2.22. The quantitative estimate of drug-likeness (QED) is 0.894. The summed E-state index contributed by atoms with van der Waals surface area (Å²) in [7, 11) is 0. The van der Waals surface area contributed by atoms with Gasteiger partial charge in [-0.1, -0.05) is 29.8 Å². The van der Waals surface area contributed by atoms with Gasteiger partial charge in [0.25, 0.3) is 5.56 Å². The Kier molecular flexibility index (Phi) is 3.94. The molecule has 1 aromatic heterocycles. The number of aromatic amines is 1. The van der Waals surface area contributed by atoms with Crippen LogP contribution in [0.4, 0.5) is 0 Å². The van der Waals surface area contributed by atoms with Gasteiger partial charge in [-0.2, -0.15) is 4.98 Å². The van der Waals surface area contributed by atoms with E-state index in [4.69, 9.17) is 16.3 Å². The molecule has 5 nitrogen and oxygen atoms in total. The number of aromatic hydroxyl groups is 1. The second-order valence-corrected chi connectivity index (χ2v) is 5.45. The Balaban J connectivity index is 2.05. The van der Waals surface area contributed by atoms with Crippen LogP contribution in [-0.2, 0) is 4.74 Å². The van der Waals surface area contributed by atoms with Gasteiger partial charge in [0.05, 0.1) is 6.61 Å². The van der Waals surface area contributed by atoms with Gasteiger partial charge >= 0.3 is 0 Å². The molecule has 1 atom stereocenters. The number of hydrogen-bond acceptors (Lipinski definition) is 4. The predicted molar refractivity (Wildman–Crippen MR) is 79.8 cm³/mol. The van der Waals surface area contributed by atoms with Gasteiger partial charge in [0.1, 0.15) is 11.4 Å². The smallest absolute Gasteiger partial charge is 0.262 e. The fourth-order valence-electron chi connectivity index (χ4n) is 2.53. The first-order valence-electron chi connectivity index (χ1n) is 6.82. The lowest BCUT2D eigenvalue weighted by Gasteiger charge is -2.21. The van der Waals surface area contributed by atoms with Crippen molar-refractivity contribution < 1.29 is 9.84 Å². The van der Waals surface area contributed by atoms with E-state index in [1.54, 1.807) is 24.3 Å².